The lowest BCUT2D eigenvalue weighted by molar-refractivity contribution is -0.147. The number of urea groups is 1. The summed E-state index contributed by atoms with van der Waals surface area (Å²) in [4.78, 5) is 42.5. The van der Waals surface area contributed by atoms with Crippen molar-refractivity contribution in [2.45, 2.75) is 12.5 Å². The topological polar surface area (TPSA) is 88.2 Å². The van der Waals surface area contributed by atoms with Gasteiger partial charge in [-0.05, 0) is 35.9 Å². The Hall–Kier alpha value is -3.46. The summed E-state index contributed by atoms with van der Waals surface area (Å²) >= 11 is 0. The van der Waals surface area contributed by atoms with Crippen LogP contribution in [0, 0.1) is 11.2 Å². The number of imide groups is 2. The first-order valence-corrected chi connectivity index (χ1v) is 9.93. The average Bonchev–Trinajstić information content (AvgIpc) is 2.78. The zero-order valence-electron chi connectivity index (χ0n) is 16.8. The molecule has 31 heavy (non-hydrogen) atoms. The number of rotatable bonds is 2. The zero-order valence-corrected chi connectivity index (χ0v) is 16.8. The molecule has 2 aromatic carbocycles. The third-order valence-corrected chi connectivity index (χ3v) is 6.27. The van der Waals surface area contributed by atoms with Gasteiger partial charge in [0.05, 0.1) is 37.7 Å². The molecule has 8 nitrogen and oxygen atoms in total. The lowest BCUT2D eigenvalue weighted by Gasteiger charge is -2.53. The molecule has 0 saturated carbocycles. The summed E-state index contributed by atoms with van der Waals surface area (Å²) in [5.74, 6) is -1.19. The van der Waals surface area contributed by atoms with Crippen molar-refractivity contribution in [1.82, 2.24) is 5.32 Å². The van der Waals surface area contributed by atoms with E-state index >= 15 is 0 Å². The van der Waals surface area contributed by atoms with E-state index in [-0.39, 0.29) is 13.0 Å². The van der Waals surface area contributed by atoms with Gasteiger partial charge >= 0.3 is 6.03 Å². The number of amides is 4. The largest absolute Gasteiger partial charge is 0.497 e. The zero-order chi connectivity index (χ0) is 21.8. The average molecular weight is 425 g/mol. The summed E-state index contributed by atoms with van der Waals surface area (Å²) in [5.41, 5.74) is -0.390. The van der Waals surface area contributed by atoms with Crippen LogP contribution in [0.1, 0.15) is 5.56 Å². The lowest BCUT2D eigenvalue weighted by atomic mass is 9.68. The summed E-state index contributed by atoms with van der Waals surface area (Å²) in [7, 11) is 1.51. The van der Waals surface area contributed by atoms with Crippen molar-refractivity contribution in [3.05, 3.63) is 53.8 Å². The summed E-state index contributed by atoms with van der Waals surface area (Å²) in [6, 6.07) is 9.46. The van der Waals surface area contributed by atoms with Crippen molar-refractivity contribution in [3.63, 3.8) is 0 Å². The first-order valence-electron chi connectivity index (χ1n) is 9.93. The van der Waals surface area contributed by atoms with Gasteiger partial charge in [0.25, 0.3) is 5.91 Å². The molecule has 1 N–H and O–H groups in total. The first kappa shape index (κ1) is 19.5. The van der Waals surface area contributed by atoms with Crippen LogP contribution in [0.3, 0.4) is 0 Å². The van der Waals surface area contributed by atoms with Crippen LogP contribution >= 0.6 is 0 Å². The van der Waals surface area contributed by atoms with E-state index in [1.807, 2.05) is 0 Å². The van der Waals surface area contributed by atoms with Gasteiger partial charge in [-0.25, -0.2) is 14.1 Å². The van der Waals surface area contributed by atoms with Crippen LogP contribution < -0.4 is 19.9 Å². The first-order chi connectivity index (χ1) is 15.0. The fourth-order valence-corrected chi connectivity index (χ4v) is 4.79. The smallest absolute Gasteiger partial charge is 0.335 e. The predicted octanol–water partition coefficient (Wildman–Crippen LogP) is 1.86. The number of fused-ring (bicyclic) bond motifs is 4. The van der Waals surface area contributed by atoms with Crippen LogP contribution in [0.25, 0.3) is 0 Å². The van der Waals surface area contributed by atoms with Gasteiger partial charge in [-0.1, -0.05) is 12.1 Å². The number of barbiturate groups is 1. The van der Waals surface area contributed by atoms with Gasteiger partial charge in [0.15, 0.2) is 5.41 Å². The molecule has 160 valence electrons. The number of hydrogen-bond acceptors (Lipinski definition) is 6. The molecule has 2 saturated heterocycles. The Morgan fingerprint density at radius 2 is 1.94 bits per heavy atom. The minimum atomic E-state index is -1.63. The molecule has 1 spiro atoms. The van der Waals surface area contributed by atoms with Crippen molar-refractivity contribution in [2.24, 2.45) is 5.41 Å². The highest BCUT2D eigenvalue weighted by atomic mass is 19.1. The van der Waals surface area contributed by atoms with Crippen molar-refractivity contribution in [1.29, 1.82) is 0 Å². The number of carbonyl (C=O) groups excluding carboxylic acids is 3. The Morgan fingerprint density at radius 1 is 1.16 bits per heavy atom. The summed E-state index contributed by atoms with van der Waals surface area (Å²) in [5, 5.41) is 2.35. The fourth-order valence-electron chi connectivity index (χ4n) is 4.79. The molecule has 0 unspecified atom stereocenters. The highest BCUT2D eigenvalue weighted by Crippen LogP contribution is 2.46. The van der Waals surface area contributed by atoms with Gasteiger partial charge in [-0.2, -0.15) is 0 Å². The molecule has 0 aliphatic carbocycles. The van der Waals surface area contributed by atoms with Gasteiger partial charge in [0, 0.05) is 13.0 Å². The number of hydrogen-bond donors (Lipinski definition) is 1. The van der Waals surface area contributed by atoms with Crippen molar-refractivity contribution >= 4 is 29.2 Å². The van der Waals surface area contributed by atoms with Crippen LogP contribution in [0.15, 0.2) is 42.5 Å². The number of nitrogens with zero attached hydrogens (tertiary/aromatic N) is 2. The maximum atomic E-state index is 14.7. The predicted molar refractivity (Wildman–Crippen MR) is 109 cm³/mol. The van der Waals surface area contributed by atoms with Gasteiger partial charge < -0.3 is 14.4 Å². The fraction of sp³-hybridized carbons (Fsp3) is 0.318. The molecule has 0 bridgehead atoms. The van der Waals surface area contributed by atoms with Crippen molar-refractivity contribution < 1.29 is 28.2 Å². The molecule has 2 atom stereocenters. The van der Waals surface area contributed by atoms with Crippen LogP contribution in [0.4, 0.5) is 20.6 Å². The number of morpholine rings is 1. The van der Waals surface area contributed by atoms with E-state index in [2.05, 4.69) is 5.32 Å². The quantitative estimate of drug-likeness (QED) is 0.739. The normalized spacial score (nSPS) is 25.2. The van der Waals surface area contributed by atoms with Gasteiger partial charge in [0.1, 0.15) is 11.6 Å². The number of halogens is 1. The second-order valence-corrected chi connectivity index (χ2v) is 7.78. The Balaban J connectivity index is 1.64. The molecule has 0 radical (unpaired) electrons. The Labute approximate surface area is 177 Å². The summed E-state index contributed by atoms with van der Waals surface area (Å²) in [6.45, 7) is 0.742. The second kappa shape index (κ2) is 7.05. The Morgan fingerprint density at radius 3 is 2.68 bits per heavy atom. The molecular weight excluding hydrogens is 405 g/mol. The second-order valence-electron chi connectivity index (χ2n) is 7.78. The maximum absolute atomic E-state index is 14.7. The molecule has 4 amide bonds. The van der Waals surface area contributed by atoms with Crippen LogP contribution in [0.5, 0.6) is 5.75 Å². The molecular formula is C22H20FN3O5. The summed E-state index contributed by atoms with van der Waals surface area (Å²) in [6.07, 6.45) is -0.0325. The molecule has 0 aromatic heterocycles. The molecule has 3 aliphatic heterocycles. The van der Waals surface area contributed by atoms with E-state index in [4.69, 9.17) is 9.47 Å². The number of ether oxygens (including phenoxy) is 2. The van der Waals surface area contributed by atoms with Gasteiger partial charge in [-0.3, -0.25) is 14.9 Å². The molecule has 2 fully saturated rings. The number of methoxy groups -OCH3 is 1. The number of anilines is 2. The monoisotopic (exact) mass is 425 g/mol. The number of benzene rings is 2. The highest BCUT2D eigenvalue weighted by Gasteiger charge is 2.63. The molecule has 5 rings (SSSR count). The molecule has 2 aromatic rings. The summed E-state index contributed by atoms with van der Waals surface area (Å²) < 4.78 is 25.5. The molecule has 3 heterocycles. The third-order valence-electron chi connectivity index (χ3n) is 6.27. The lowest BCUT2D eigenvalue weighted by Crippen LogP contribution is -2.74. The molecule has 3 aliphatic rings. The van der Waals surface area contributed by atoms with E-state index in [1.165, 1.54) is 13.2 Å². The van der Waals surface area contributed by atoms with E-state index in [0.29, 0.717) is 35.8 Å². The highest BCUT2D eigenvalue weighted by molar-refractivity contribution is 6.30. The number of nitrogens with one attached hydrogen (secondary N) is 1. The minimum absolute atomic E-state index is 0.0325. The Kier molecular flexibility index (Phi) is 4.44. The van der Waals surface area contributed by atoms with Crippen molar-refractivity contribution in [2.75, 3.05) is 36.7 Å². The van der Waals surface area contributed by atoms with Crippen molar-refractivity contribution in [3.8, 4) is 5.75 Å². The van der Waals surface area contributed by atoms with E-state index in [9.17, 15) is 18.8 Å². The number of para-hydroxylation sites is 1. The molecule has 9 heteroatoms. The van der Waals surface area contributed by atoms with Gasteiger partial charge in [0.2, 0.25) is 5.91 Å². The number of carbonyl (C=O) groups is 3. The minimum Gasteiger partial charge on any atom is -0.497 e. The SMILES string of the molecule is COc1ccc(N2C(=O)NC(=O)[C@@]3(Cc4cccc(F)c4N4CCOC[C@@H]43)C2=O)cc1. The Bertz CT molecular complexity index is 1090. The van der Waals surface area contributed by atoms with E-state index in [0.717, 1.165) is 4.90 Å². The van der Waals surface area contributed by atoms with E-state index in [1.54, 1.807) is 41.3 Å². The van der Waals surface area contributed by atoms with Crippen LogP contribution in [-0.2, 0) is 20.7 Å². The van der Waals surface area contributed by atoms with Crippen LogP contribution in [0.2, 0.25) is 0 Å². The standard InChI is InChI=1S/C22H20FN3O5/c1-30-15-7-5-14(6-8-15)26-20(28)22(19(27)24-21(26)29)11-13-3-2-4-16(23)18(13)25-9-10-31-12-17(22)25/h2-8,17H,9-12H2,1H3,(H,24,27,29)/t17-,22+/m1/s1. The van der Waals surface area contributed by atoms with Gasteiger partial charge in [-0.15, -0.1) is 0 Å². The maximum Gasteiger partial charge on any atom is 0.335 e. The third kappa shape index (κ3) is 2.73. The van der Waals surface area contributed by atoms with E-state index < -0.39 is 35.1 Å². The van der Waals surface area contributed by atoms with Crippen LogP contribution in [-0.4, -0.2) is 50.8 Å².